The molecule has 7 nitrogen and oxygen atoms in total. The number of rotatable bonds is 5. The average molecular weight is 295 g/mol. The highest BCUT2D eigenvalue weighted by atomic mass is 35.5. The van der Waals surface area contributed by atoms with Crippen LogP contribution in [0.2, 0.25) is 5.02 Å². The fourth-order valence-electron chi connectivity index (χ4n) is 1.09. The van der Waals surface area contributed by atoms with Gasteiger partial charge in [-0.2, -0.15) is 5.26 Å². The molecule has 1 atom stereocenters. The number of hydrogen-bond donors (Lipinski definition) is 3. The number of carbonyl (C=O) groups is 2. The molecule has 20 heavy (non-hydrogen) atoms. The molecular formula is C12H11ClN4O3. The fraction of sp³-hybridized carbons (Fsp3) is 0.167. The maximum Gasteiger partial charge on any atom is 0.325 e. The Labute approximate surface area is 119 Å². The molecule has 8 heteroatoms. The number of carboxylic acid groups (broad SMARTS) is 1. The molecule has 0 aliphatic carbocycles. The van der Waals surface area contributed by atoms with Gasteiger partial charge in [0, 0.05) is 12.4 Å². The number of nitrogens with one attached hydrogen (secondary N) is 2. The van der Waals surface area contributed by atoms with Gasteiger partial charge in [0.15, 0.2) is 0 Å². The summed E-state index contributed by atoms with van der Waals surface area (Å²) in [5.74, 6) is -1.59. The summed E-state index contributed by atoms with van der Waals surface area (Å²) in [6.07, 6.45) is 2.54. The summed E-state index contributed by atoms with van der Waals surface area (Å²) in [7, 11) is 0. The van der Waals surface area contributed by atoms with Crippen LogP contribution in [0.3, 0.4) is 0 Å². The van der Waals surface area contributed by atoms with E-state index in [1.165, 1.54) is 13.1 Å². The van der Waals surface area contributed by atoms with Crippen molar-refractivity contribution < 1.29 is 14.7 Å². The number of anilines is 1. The molecule has 0 spiro atoms. The van der Waals surface area contributed by atoms with Crippen LogP contribution in [0.15, 0.2) is 30.1 Å². The maximum atomic E-state index is 11.6. The van der Waals surface area contributed by atoms with Crippen LogP contribution in [0.25, 0.3) is 0 Å². The van der Waals surface area contributed by atoms with E-state index in [-0.39, 0.29) is 5.57 Å². The normalized spacial score (nSPS) is 12.2. The van der Waals surface area contributed by atoms with Crippen LogP contribution < -0.4 is 10.6 Å². The Morgan fingerprint density at radius 2 is 2.25 bits per heavy atom. The molecule has 104 valence electrons. The molecule has 1 rings (SSSR count). The van der Waals surface area contributed by atoms with Crippen LogP contribution in [-0.4, -0.2) is 28.0 Å². The smallest absolute Gasteiger partial charge is 0.325 e. The lowest BCUT2D eigenvalue weighted by Gasteiger charge is -2.08. The van der Waals surface area contributed by atoms with E-state index >= 15 is 0 Å². The summed E-state index contributed by atoms with van der Waals surface area (Å²) in [6.45, 7) is 1.30. The topological polar surface area (TPSA) is 115 Å². The molecule has 0 fully saturated rings. The van der Waals surface area contributed by atoms with Crippen molar-refractivity contribution in [2.45, 2.75) is 13.0 Å². The van der Waals surface area contributed by atoms with Crippen LogP contribution in [-0.2, 0) is 9.59 Å². The first kappa shape index (κ1) is 15.5. The third-order valence-corrected chi connectivity index (χ3v) is 2.40. The highest BCUT2D eigenvalue weighted by molar-refractivity contribution is 6.30. The quantitative estimate of drug-likeness (QED) is 0.554. The summed E-state index contributed by atoms with van der Waals surface area (Å²) in [6, 6.07) is 3.73. The Morgan fingerprint density at radius 3 is 2.75 bits per heavy atom. The molecule has 0 aliphatic rings. The van der Waals surface area contributed by atoms with Crippen molar-refractivity contribution in [1.29, 1.82) is 5.26 Å². The Hall–Kier alpha value is -2.59. The van der Waals surface area contributed by atoms with E-state index in [2.05, 4.69) is 15.6 Å². The number of amides is 1. The van der Waals surface area contributed by atoms with E-state index < -0.39 is 17.9 Å². The van der Waals surface area contributed by atoms with E-state index in [0.29, 0.717) is 10.8 Å². The highest BCUT2D eigenvalue weighted by Crippen LogP contribution is 2.09. The van der Waals surface area contributed by atoms with Gasteiger partial charge in [-0.25, -0.2) is 4.98 Å². The molecule has 1 aromatic heterocycles. The number of aromatic nitrogens is 1. The zero-order chi connectivity index (χ0) is 15.1. The molecule has 1 unspecified atom stereocenters. The van der Waals surface area contributed by atoms with Crippen molar-refractivity contribution in [3.63, 3.8) is 0 Å². The predicted octanol–water partition coefficient (Wildman–Crippen LogP) is 1.14. The van der Waals surface area contributed by atoms with Crippen LogP contribution in [0, 0.1) is 11.3 Å². The SMILES string of the molecule is CC(NC(=O)/C(C#N)=C\Nc1ccc(Cl)cn1)C(=O)O. The van der Waals surface area contributed by atoms with Crippen molar-refractivity contribution in [2.75, 3.05) is 5.32 Å². The van der Waals surface area contributed by atoms with Gasteiger partial charge in [0.05, 0.1) is 5.02 Å². The first-order chi connectivity index (χ1) is 9.43. The molecule has 0 saturated heterocycles. The Balaban J connectivity index is 2.73. The second-order valence-electron chi connectivity index (χ2n) is 3.71. The van der Waals surface area contributed by atoms with Gasteiger partial charge in [-0.1, -0.05) is 11.6 Å². The molecule has 0 aliphatic heterocycles. The number of carboxylic acids is 1. The van der Waals surface area contributed by atoms with E-state index in [1.54, 1.807) is 18.2 Å². The average Bonchev–Trinajstić information content (AvgIpc) is 2.41. The van der Waals surface area contributed by atoms with Crippen LogP contribution >= 0.6 is 11.6 Å². The summed E-state index contributed by atoms with van der Waals surface area (Å²) >= 11 is 5.66. The van der Waals surface area contributed by atoms with Gasteiger partial charge >= 0.3 is 5.97 Å². The first-order valence-electron chi connectivity index (χ1n) is 5.46. The lowest BCUT2D eigenvalue weighted by Crippen LogP contribution is -2.39. The monoisotopic (exact) mass is 294 g/mol. The number of aliphatic carboxylic acids is 1. The van der Waals surface area contributed by atoms with Crippen molar-refractivity contribution in [3.8, 4) is 6.07 Å². The van der Waals surface area contributed by atoms with Crippen molar-refractivity contribution in [3.05, 3.63) is 35.1 Å². The van der Waals surface area contributed by atoms with Gasteiger partial charge in [0.1, 0.15) is 23.5 Å². The summed E-state index contributed by atoms with van der Waals surface area (Å²) in [5.41, 5.74) is -0.269. The standard InChI is InChI=1S/C12H11ClN4O3/c1-7(12(19)20)17-11(18)8(4-14)5-15-10-3-2-9(13)6-16-10/h2-3,5-7H,1H3,(H,15,16)(H,17,18)(H,19,20)/b8-5-. The number of nitriles is 1. The lowest BCUT2D eigenvalue weighted by atomic mass is 10.2. The maximum absolute atomic E-state index is 11.6. The first-order valence-corrected chi connectivity index (χ1v) is 5.84. The van der Waals surface area contributed by atoms with Gasteiger partial charge in [-0.15, -0.1) is 0 Å². The molecule has 0 radical (unpaired) electrons. The van der Waals surface area contributed by atoms with Gasteiger partial charge in [-0.3, -0.25) is 9.59 Å². The second kappa shape index (κ2) is 7.11. The third kappa shape index (κ3) is 4.59. The van der Waals surface area contributed by atoms with Gasteiger partial charge in [-0.05, 0) is 19.1 Å². The molecule has 0 saturated carbocycles. The predicted molar refractivity (Wildman–Crippen MR) is 71.8 cm³/mol. The molecule has 0 aromatic carbocycles. The molecule has 0 bridgehead atoms. The number of nitrogens with zero attached hydrogens (tertiary/aromatic N) is 2. The zero-order valence-electron chi connectivity index (χ0n) is 10.4. The lowest BCUT2D eigenvalue weighted by molar-refractivity contribution is -0.140. The number of pyridine rings is 1. The molecule has 1 amide bonds. The van der Waals surface area contributed by atoms with Crippen LogP contribution in [0.1, 0.15) is 6.92 Å². The number of halogens is 1. The zero-order valence-corrected chi connectivity index (χ0v) is 11.2. The molecule has 1 aromatic rings. The Kier molecular flexibility index (Phi) is 5.50. The Morgan fingerprint density at radius 1 is 1.55 bits per heavy atom. The molecule has 1 heterocycles. The summed E-state index contributed by atoms with van der Waals surface area (Å²) < 4.78 is 0. The van der Waals surface area contributed by atoms with E-state index in [1.807, 2.05) is 0 Å². The highest BCUT2D eigenvalue weighted by Gasteiger charge is 2.16. The molecule has 3 N–H and O–H groups in total. The van der Waals surface area contributed by atoms with E-state index in [9.17, 15) is 9.59 Å². The van der Waals surface area contributed by atoms with Crippen LogP contribution in [0.4, 0.5) is 5.82 Å². The van der Waals surface area contributed by atoms with Crippen molar-refractivity contribution in [1.82, 2.24) is 10.3 Å². The third-order valence-electron chi connectivity index (χ3n) is 2.17. The van der Waals surface area contributed by atoms with Gasteiger partial charge < -0.3 is 15.7 Å². The van der Waals surface area contributed by atoms with E-state index in [4.69, 9.17) is 22.0 Å². The Bertz CT molecular complexity index is 577. The van der Waals surface area contributed by atoms with Crippen molar-refractivity contribution >= 4 is 29.3 Å². The van der Waals surface area contributed by atoms with Crippen molar-refractivity contribution in [2.24, 2.45) is 0 Å². The minimum Gasteiger partial charge on any atom is -0.480 e. The van der Waals surface area contributed by atoms with Gasteiger partial charge in [0.2, 0.25) is 0 Å². The molecular weight excluding hydrogens is 284 g/mol. The largest absolute Gasteiger partial charge is 0.480 e. The van der Waals surface area contributed by atoms with Gasteiger partial charge in [0.25, 0.3) is 5.91 Å². The second-order valence-corrected chi connectivity index (χ2v) is 4.15. The fourth-order valence-corrected chi connectivity index (χ4v) is 1.20. The number of carbonyl (C=O) groups excluding carboxylic acids is 1. The number of hydrogen-bond acceptors (Lipinski definition) is 5. The van der Waals surface area contributed by atoms with E-state index in [0.717, 1.165) is 6.20 Å². The summed E-state index contributed by atoms with van der Waals surface area (Å²) in [5, 5.41) is 22.8. The minimum atomic E-state index is -1.19. The summed E-state index contributed by atoms with van der Waals surface area (Å²) in [4.78, 5) is 26.1. The van der Waals surface area contributed by atoms with Crippen LogP contribution in [0.5, 0.6) is 0 Å². The minimum absolute atomic E-state index is 0.269.